The minimum atomic E-state index is -0.0590. The molecule has 0 unspecified atom stereocenters. The van der Waals surface area contributed by atoms with Crippen molar-refractivity contribution in [3.63, 3.8) is 0 Å². The van der Waals surface area contributed by atoms with Gasteiger partial charge in [-0.25, -0.2) is 4.98 Å². The van der Waals surface area contributed by atoms with Crippen molar-refractivity contribution in [1.82, 2.24) is 14.9 Å². The first-order valence-corrected chi connectivity index (χ1v) is 6.10. The molecule has 1 aromatic heterocycles. The molecule has 1 aromatic carbocycles. The summed E-state index contributed by atoms with van der Waals surface area (Å²) < 4.78 is 6.76. The van der Waals surface area contributed by atoms with E-state index in [2.05, 4.69) is 10.3 Å². The van der Waals surface area contributed by atoms with Crippen LogP contribution in [0.2, 0.25) is 0 Å². The van der Waals surface area contributed by atoms with Crippen molar-refractivity contribution in [1.29, 1.82) is 0 Å². The Morgan fingerprint density at radius 2 is 2.32 bits per heavy atom. The van der Waals surface area contributed by atoms with Crippen LogP contribution in [-0.2, 0) is 16.1 Å². The van der Waals surface area contributed by atoms with E-state index in [9.17, 15) is 4.79 Å². The summed E-state index contributed by atoms with van der Waals surface area (Å²) in [5.41, 5.74) is 8.11. The van der Waals surface area contributed by atoms with Gasteiger partial charge in [0.25, 0.3) is 0 Å². The van der Waals surface area contributed by atoms with Gasteiger partial charge >= 0.3 is 0 Å². The van der Waals surface area contributed by atoms with Crippen molar-refractivity contribution >= 4 is 22.6 Å². The molecule has 0 saturated heterocycles. The van der Waals surface area contributed by atoms with Gasteiger partial charge in [-0.3, -0.25) is 4.79 Å². The van der Waals surface area contributed by atoms with Crippen LogP contribution in [0.15, 0.2) is 18.2 Å². The topological polar surface area (TPSA) is 82.2 Å². The molecule has 0 spiro atoms. The number of nitrogens with two attached hydrogens (primary N) is 1. The number of rotatable bonds is 5. The van der Waals surface area contributed by atoms with Crippen LogP contribution in [0.25, 0.3) is 11.0 Å². The van der Waals surface area contributed by atoms with Crippen LogP contribution < -0.4 is 11.1 Å². The summed E-state index contributed by atoms with van der Waals surface area (Å²) in [6.45, 7) is 3.13. The van der Waals surface area contributed by atoms with Gasteiger partial charge in [0.1, 0.15) is 12.4 Å². The van der Waals surface area contributed by atoms with Gasteiger partial charge in [-0.15, -0.1) is 0 Å². The highest BCUT2D eigenvalue weighted by Crippen LogP contribution is 2.18. The number of amides is 1. The summed E-state index contributed by atoms with van der Waals surface area (Å²) in [6, 6.07) is 5.50. The lowest BCUT2D eigenvalue weighted by molar-refractivity contribution is -0.121. The van der Waals surface area contributed by atoms with Crippen molar-refractivity contribution in [2.45, 2.75) is 13.5 Å². The number of anilines is 1. The number of carbonyl (C=O) groups excluding carboxylic acids is 1. The van der Waals surface area contributed by atoms with E-state index in [1.807, 2.05) is 29.7 Å². The first kappa shape index (κ1) is 13.4. The Morgan fingerprint density at radius 3 is 3.05 bits per heavy atom. The number of nitrogens with zero attached hydrogens (tertiary/aromatic N) is 2. The van der Waals surface area contributed by atoms with Crippen LogP contribution in [0.5, 0.6) is 0 Å². The maximum absolute atomic E-state index is 11.8. The molecule has 0 radical (unpaired) electrons. The van der Waals surface area contributed by atoms with E-state index in [0.717, 1.165) is 16.9 Å². The highest BCUT2D eigenvalue weighted by Gasteiger charge is 2.10. The second kappa shape index (κ2) is 5.71. The molecule has 102 valence electrons. The van der Waals surface area contributed by atoms with Crippen LogP contribution in [0.4, 0.5) is 5.69 Å². The Bertz CT molecular complexity index is 592. The van der Waals surface area contributed by atoms with E-state index in [0.29, 0.717) is 18.8 Å². The molecule has 0 fully saturated rings. The molecule has 0 aliphatic heterocycles. The third-order valence-electron chi connectivity index (χ3n) is 2.89. The number of ether oxygens (including phenoxy) is 1. The number of nitrogen functional groups attached to an aromatic ring is 1. The fourth-order valence-corrected chi connectivity index (χ4v) is 1.96. The van der Waals surface area contributed by atoms with Gasteiger partial charge in [0, 0.05) is 19.3 Å². The van der Waals surface area contributed by atoms with Crippen LogP contribution >= 0.6 is 0 Å². The molecule has 0 bridgehead atoms. The lowest BCUT2D eigenvalue weighted by Crippen LogP contribution is -2.30. The molecule has 19 heavy (non-hydrogen) atoms. The maximum Gasteiger partial charge on any atom is 0.240 e. The normalized spacial score (nSPS) is 10.8. The first-order chi connectivity index (χ1) is 9.11. The summed E-state index contributed by atoms with van der Waals surface area (Å²) in [5.74, 6) is 0.735. The van der Waals surface area contributed by atoms with E-state index >= 15 is 0 Å². The highest BCUT2D eigenvalue weighted by molar-refractivity contribution is 5.83. The Kier molecular flexibility index (Phi) is 4.01. The van der Waals surface area contributed by atoms with Crippen molar-refractivity contribution in [3.05, 3.63) is 24.0 Å². The van der Waals surface area contributed by atoms with Gasteiger partial charge in [0.05, 0.1) is 17.6 Å². The van der Waals surface area contributed by atoms with E-state index < -0.39 is 0 Å². The number of hydrogen-bond acceptors (Lipinski definition) is 4. The number of imidazole rings is 1. The Balaban J connectivity index is 2.16. The molecule has 2 aromatic rings. The largest absolute Gasteiger partial charge is 0.399 e. The number of aryl methyl sites for hydroxylation is 1. The number of carbonyl (C=O) groups is 1. The van der Waals surface area contributed by atoms with Gasteiger partial charge in [-0.1, -0.05) is 0 Å². The highest BCUT2D eigenvalue weighted by atomic mass is 16.5. The van der Waals surface area contributed by atoms with E-state index in [4.69, 9.17) is 10.5 Å². The second-order valence-electron chi connectivity index (χ2n) is 4.34. The van der Waals surface area contributed by atoms with Crippen molar-refractivity contribution in [3.8, 4) is 0 Å². The fourth-order valence-electron chi connectivity index (χ4n) is 1.96. The minimum Gasteiger partial charge on any atom is -0.399 e. The minimum absolute atomic E-state index is 0.0590. The number of fused-ring (bicyclic) bond motifs is 1. The third-order valence-corrected chi connectivity index (χ3v) is 2.89. The van der Waals surface area contributed by atoms with Crippen LogP contribution in [0.3, 0.4) is 0 Å². The average Bonchev–Trinajstić information content (AvgIpc) is 2.65. The number of methoxy groups -OCH3 is 1. The van der Waals surface area contributed by atoms with Gasteiger partial charge in [-0.2, -0.15) is 0 Å². The Morgan fingerprint density at radius 1 is 1.53 bits per heavy atom. The molecular weight excluding hydrogens is 244 g/mol. The van der Waals surface area contributed by atoms with Gasteiger partial charge in [0.2, 0.25) is 5.91 Å². The molecule has 0 aliphatic carbocycles. The monoisotopic (exact) mass is 262 g/mol. The maximum atomic E-state index is 11.8. The summed E-state index contributed by atoms with van der Waals surface area (Å²) in [6.07, 6.45) is 0. The molecule has 1 heterocycles. The molecule has 3 N–H and O–H groups in total. The zero-order chi connectivity index (χ0) is 13.8. The zero-order valence-electron chi connectivity index (χ0n) is 11.1. The Hall–Kier alpha value is -2.08. The van der Waals surface area contributed by atoms with Crippen LogP contribution in [0, 0.1) is 6.92 Å². The van der Waals surface area contributed by atoms with Crippen molar-refractivity contribution < 1.29 is 9.53 Å². The lowest BCUT2D eigenvalue weighted by Gasteiger charge is -2.08. The zero-order valence-corrected chi connectivity index (χ0v) is 11.1. The molecule has 6 nitrogen and oxygen atoms in total. The molecule has 2 rings (SSSR count). The molecule has 0 atom stereocenters. The van der Waals surface area contributed by atoms with Crippen molar-refractivity contribution in [2.24, 2.45) is 0 Å². The fraction of sp³-hybridized carbons (Fsp3) is 0.385. The van der Waals surface area contributed by atoms with E-state index in [1.165, 1.54) is 0 Å². The molecule has 1 amide bonds. The standard InChI is InChI=1S/C13H18N4O2/c1-9-16-11-7-10(14)3-4-12(11)17(9)8-13(18)15-5-6-19-2/h3-4,7H,5-6,8,14H2,1-2H3,(H,15,18). The molecule has 0 saturated carbocycles. The third kappa shape index (κ3) is 3.03. The summed E-state index contributed by atoms with van der Waals surface area (Å²) in [7, 11) is 1.60. The number of benzene rings is 1. The predicted octanol–water partition coefficient (Wildman–Crippen LogP) is 0.690. The SMILES string of the molecule is COCCNC(=O)Cn1c(C)nc2cc(N)ccc21. The summed E-state index contributed by atoms with van der Waals surface area (Å²) in [4.78, 5) is 16.2. The van der Waals surface area contributed by atoms with Gasteiger partial charge in [0.15, 0.2) is 0 Å². The quantitative estimate of drug-likeness (QED) is 0.613. The number of aromatic nitrogens is 2. The molecular formula is C13H18N4O2. The summed E-state index contributed by atoms with van der Waals surface area (Å²) >= 11 is 0. The second-order valence-corrected chi connectivity index (χ2v) is 4.34. The Labute approximate surface area is 111 Å². The predicted molar refractivity (Wildman–Crippen MR) is 73.8 cm³/mol. The molecule has 0 aliphatic rings. The first-order valence-electron chi connectivity index (χ1n) is 6.10. The van der Waals surface area contributed by atoms with Crippen LogP contribution in [-0.4, -0.2) is 35.7 Å². The van der Waals surface area contributed by atoms with Crippen molar-refractivity contribution in [2.75, 3.05) is 26.0 Å². The molecule has 6 heteroatoms. The van der Waals surface area contributed by atoms with Crippen LogP contribution in [0.1, 0.15) is 5.82 Å². The average molecular weight is 262 g/mol. The smallest absolute Gasteiger partial charge is 0.240 e. The lowest BCUT2D eigenvalue weighted by atomic mass is 10.3. The van der Waals surface area contributed by atoms with Gasteiger partial charge in [-0.05, 0) is 25.1 Å². The van der Waals surface area contributed by atoms with E-state index in [-0.39, 0.29) is 12.5 Å². The van der Waals surface area contributed by atoms with E-state index in [1.54, 1.807) is 7.11 Å². The number of nitrogens with one attached hydrogen (secondary N) is 1. The summed E-state index contributed by atoms with van der Waals surface area (Å²) in [5, 5.41) is 2.79. The van der Waals surface area contributed by atoms with Gasteiger partial charge < -0.3 is 20.4 Å². The number of hydrogen-bond donors (Lipinski definition) is 2.